The molecular formula is C27H50NO6+. The number of carboxylic acids is 3. The van der Waals surface area contributed by atoms with Crippen molar-refractivity contribution in [3.05, 3.63) is 12.2 Å². The van der Waals surface area contributed by atoms with Gasteiger partial charge in [-0.3, -0.25) is 14.4 Å². The molecule has 0 aromatic rings. The van der Waals surface area contributed by atoms with Gasteiger partial charge in [-0.25, -0.2) is 0 Å². The second-order valence-corrected chi connectivity index (χ2v) is 10.2. The fraction of sp³-hybridized carbons (Fsp3) is 0.815. The van der Waals surface area contributed by atoms with Gasteiger partial charge in [-0.2, -0.15) is 0 Å². The van der Waals surface area contributed by atoms with Gasteiger partial charge in [0.2, 0.25) is 0 Å². The molecule has 3 atom stereocenters. The van der Waals surface area contributed by atoms with E-state index in [-0.39, 0.29) is 24.1 Å². The number of nitrogens with zero attached hydrogens (tertiary/aromatic N) is 1. The number of quaternary nitrogens is 1. The minimum Gasteiger partial charge on any atom is -0.481 e. The molecule has 0 bridgehead atoms. The molecule has 0 aliphatic heterocycles. The summed E-state index contributed by atoms with van der Waals surface area (Å²) in [7, 11) is 0. The van der Waals surface area contributed by atoms with E-state index in [1.165, 1.54) is 51.4 Å². The van der Waals surface area contributed by atoms with Gasteiger partial charge in [0, 0.05) is 6.42 Å². The van der Waals surface area contributed by atoms with Crippen LogP contribution in [0, 0.1) is 17.8 Å². The SMILES string of the molecule is CCCCCCCCCCC/C=C/CC[N+](CC(C)C(=O)O)(CC(C)C(=O)O)CC(C)C(=O)O. The second-order valence-electron chi connectivity index (χ2n) is 10.2. The smallest absolute Gasteiger partial charge is 0.311 e. The van der Waals surface area contributed by atoms with Crippen LogP contribution in [0.4, 0.5) is 0 Å². The summed E-state index contributed by atoms with van der Waals surface area (Å²) in [5, 5.41) is 28.4. The van der Waals surface area contributed by atoms with E-state index in [0.717, 1.165) is 12.8 Å². The van der Waals surface area contributed by atoms with Crippen molar-refractivity contribution in [2.45, 2.75) is 98.3 Å². The summed E-state index contributed by atoms with van der Waals surface area (Å²) in [4.78, 5) is 34.6. The van der Waals surface area contributed by atoms with E-state index in [1.807, 2.05) is 0 Å². The van der Waals surface area contributed by atoms with Crippen LogP contribution in [0.1, 0.15) is 98.3 Å². The van der Waals surface area contributed by atoms with Gasteiger partial charge in [0.05, 0.1) is 26.2 Å². The Labute approximate surface area is 206 Å². The molecule has 0 aromatic carbocycles. The van der Waals surface area contributed by atoms with Crippen LogP contribution < -0.4 is 0 Å². The van der Waals surface area contributed by atoms with Crippen LogP contribution >= 0.6 is 0 Å². The lowest BCUT2D eigenvalue weighted by molar-refractivity contribution is -0.933. The third kappa shape index (κ3) is 15.1. The maximum absolute atomic E-state index is 11.5. The highest BCUT2D eigenvalue weighted by molar-refractivity contribution is 5.70. The molecule has 0 amide bonds. The highest BCUT2D eigenvalue weighted by Gasteiger charge is 2.37. The molecule has 3 unspecified atom stereocenters. The zero-order valence-corrected chi connectivity index (χ0v) is 22.0. The highest BCUT2D eigenvalue weighted by Crippen LogP contribution is 2.21. The summed E-state index contributed by atoms with van der Waals surface area (Å²) >= 11 is 0. The third-order valence-electron chi connectivity index (χ3n) is 6.66. The molecule has 0 radical (unpaired) electrons. The largest absolute Gasteiger partial charge is 0.481 e. The Balaban J connectivity index is 4.85. The summed E-state index contributed by atoms with van der Waals surface area (Å²) in [6.45, 7) is 8.23. The van der Waals surface area contributed by atoms with Crippen molar-refractivity contribution in [1.29, 1.82) is 0 Å². The van der Waals surface area contributed by atoms with Crippen molar-refractivity contribution in [2.75, 3.05) is 26.2 Å². The summed E-state index contributed by atoms with van der Waals surface area (Å²) in [6.07, 6.45) is 17.5. The van der Waals surface area contributed by atoms with Gasteiger partial charge in [0.15, 0.2) is 0 Å². The lowest BCUT2D eigenvalue weighted by Crippen LogP contribution is -2.57. The molecule has 0 heterocycles. The first-order chi connectivity index (χ1) is 16.0. The molecular weight excluding hydrogens is 434 g/mol. The molecule has 0 rings (SSSR count). The molecule has 7 heteroatoms. The highest BCUT2D eigenvalue weighted by atomic mass is 16.4. The van der Waals surface area contributed by atoms with Gasteiger partial charge in [-0.15, -0.1) is 0 Å². The zero-order valence-electron chi connectivity index (χ0n) is 22.0. The summed E-state index contributed by atoms with van der Waals surface area (Å²) in [6, 6.07) is 0. The minimum absolute atomic E-state index is 0.177. The number of rotatable bonds is 22. The number of carboxylic acid groups (broad SMARTS) is 3. The average molecular weight is 485 g/mol. The van der Waals surface area contributed by atoms with Crippen LogP contribution in [0.15, 0.2) is 12.2 Å². The second kappa shape index (κ2) is 18.4. The lowest BCUT2D eigenvalue weighted by Gasteiger charge is -2.42. The fourth-order valence-corrected chi connectivity index (χ4v) is 4.63. The van der Waals surface area contributed by atoms with Gasteiger partial charge in [-0.1, -0.05) is 70.4 Å². The molecule has 0 fully saturated rings. The Kier molecular flexibility index (Phi) is 17.4. The minimum atomic E-state index is -0.950. The standard InChI is InChI=1S/C27H49NO6/c1-5-6-7-8-9-10-11-12-13-14-15-16-17-18-28(19-22(2)25(29)30,20-23(3)26(31)32)21-24(4)27(33)34/h15-16,22-24H,5-14,17-21H2,1-4H3,(H2-,29,30,31,32,33,34)/p+1/b16-15+. The molecule has 0 aliphatic carbocycles. The Morgan fingerprint density at radius 2 is 0.971 bits per heavy atom. The van der Waals surface area contributed by atoms with Gasteiger partial charge in [0.25, 0.3) is 0 Å². The van der Waals surface area contributed by atoms with Crippen molar-refractivity contribution in [3.63, 3.8) is 0 Å². The van der Waals surface area contributed by atoms with Crippen molar-refractivity contribution < 1.29 is 34.2 Å². The van der Waals surface area contributed by atoms with Crippen molar-refractivity contribution in [3.8, 4) is 0 Å². The fourth-order valence-electron chi connectivity index (χ4n) is 4.63. The topological polar surface area (TPSA) is 112 Å². The van der Waals surface area contributed by atoms with E-state index in [1.54, 1.807) is 20.8 Å². The maximum Gasteiger partial charge on any atom is 0.311 e. The Bertz CT molecular complexity index is 563. The quantitative estimate of drug-likeness (QED) is 0.101. The molecule has 0 saturated heterocycles. The first-order valence-electron chi connectivity index (χ1n) is 13.2. The van der Waals surface area contributed by atoms with Crippen molar-refractivity contribution in [2.24, 2.45) is 17.8 Å². The predicted octanol–water partition coefficient (Wildman–Crippen LogP) is 5.83. The number of aliphatic carboxylic acids is 3. The van der Waals surface area contributed by atoms with Gasteiger partial charge in [-0.05, 0) is 33.6 Å². The Morgan fingerprint density at radius 1 is 0.618 bits per heavy atom. The Morgan fingerprint density at radius 3 is 1.35 bits per heavy atom. The van der Waals surface area contributed by atoms with Crippen LogP contribution in [0.25, 0.3) is 0 Å². The monoisotopic (exact) mass is 484 g/mol. The van der Waals surface area contributed by atoms with E-state index in [4.69, 9.17) is 0 Å². The van der Waals surface area contributed by atoms with Crippen molar-refractivity contribution in [1.82, 2.24) is 0 Å². The average Bonchev–Trinajstić information content (AvgIpc) is 2.76. The number of carbonyl (C=O) groups is 3. The number of allylic oxidation sites excluding steroid dienone is 1. The molecule has 0 spiro atoms. The molecule has 0 saturated carbocycles. The van der Waals surface area contributed by atoms with E-state index in [0.29, 0.717) is 13.0 Å². The lowest BCUT2D eigenvalue weighted by atomic mass is 10.0. The molecule has 3 N–H and O–H groups in total. The van der Waals surface area contributed by atoms with Crippen LogP contribution in [0.5, 0.6) is 0 Å². The van der Waals surface area contributed by atoms with E-state index in [2.05, 4.69) is 19.1 Å². The van der Waals surface area contributed by atoms with Gasteiger partial charge >= 0.3 is 17.9 Å². The van der Waals surface area contributed by atoms with Gasteiger partial charge in [0.1, 0.15) is 17.8 Å². The zero-order chi connectivity index (χ0) is 26.0. The van der Waals surface area contributed by atoms with E-state index < -0.39 is 35.7 Å². The predicted molar refractivity (Wildman–Crippen MR) is 136 cm³/mol. The molecule has 0 aromatic heterocycles. The molecule has 0 aliphatic rings. The van der Waals surface area contributed by atoms with Crippen LogP contribution in [0.3, 0.4) is 0 Å². The summed E-state index contributed by atoms with van der Waals surface area (Å²) in [5.41, 5.74) is 0. The molecule has 7 nitrogen and oxygen atoms in total. The van der Waals surface area contributed by atoms with Crippen molar-refractivity contribution >= 4 is 17.9 Å². The summed E-state index contributed by atoms with van der Waals surface area (Å²) in [5.74, 6) is -4.91. The third-order valence-corrected chi connectivity index (χ3v) is 6.66. The molecule has 198 valence electrons. The number of hydrogen-bond acceptors (Lipinski definition) is 3. The normalized spacial score (nSPS) is 16.1. The first kappa shape index (κ1) is 32.1. The van der Waals surface area contributed by atoms with E-state index >= 15 is 0 Å². The number of hydrogen-bond donors (Lipinski definition) is 3. The number of unbranched alkanes of at least 4 members (excludes halogenated alkanes) is 9. The van der Waals surface area contributed by atoms with Crippen LogP contribution in [-0.2, 0) is 14.4 Å². The summed E-state index contributed by atoms with van der Waals surface area (Å²) < 4.78 is 0.177. The maximum atomic E-state index is 11.5. The molecule has 34 heavy (non-hydrogen) atoms. The van der Waals surface area contributed by atoms with E-state index in [9.17, 15) is 29.7 Å². The first-order valence-corrected chi connectivity index (χ1v) is 13.2. The van der Waals surface area contributed by atoms with Crippen LogP contribution in [-0.4, -0.2) is 63.9 Å². The Hall–Kier alpha value is -1.89. The van der Waals surface area contributed by atoms with Crippen LogP contribution in [0.2, 0.25) is 0 Å². The van der Waals surface area contributed by atoms with Gasteiger partial charge < -0.3 is 19.8 Å².